The molecule has 7 nitrogen and oxygen atoms in total. The molecule has 0 fully saturated rings. The Kier molecular flexibility index (Phi) is 2.78. The number of nitrogen functional groups attached to an aromatic ring is 1. The van der Waals surface area contributed by atoms with Crippen molar-refractivity contribution in [1.82, 2.24) is 15.3 Å². The van der Waals surface area contributed by atoms with Crippen molar-refractivity contribution in [2.24, 2.45) is 4.99 Å². The molecule has 4 heterocycles. The van der Waals surface area contributed by atoms with E-state index in [0.29, 0.717) is 40.0 Å². The molecule has 2 aliphatic rings. The molecule has 0 aliphatic carbocycles. The normalized spacial score (nSPS) is 17.0. The summed E-state index contributed by atoms with van der Waals surface area (Å²) in [7, 11) is 0. The molecule has 22 heavy (non-hydrogen) atoms. The zero-order chi connectivity index (χ0) is 15.4. The number of aromatic nitrogens is 2. The van der Waals surface area contributed by atoms with Crippen molar-refractivity contribution >= 4 is 57.3 Å². The summed E-state index contributed by atoms with van der Waals surface area (Å²) in [6, 6.07) is 1.72. The van der Waals surface area contributed by atoms with Crippen LogP contribution >= 0.6 is 22.9 Å². The van der Waals surface area contributed by atoms with E-state index in [9.17, 15) is 9.90 Å². The van der Waals surface area contributed by atoms with Crippen molar-refractivity contribution in [3.8, 4) is 5.88 Å². The Hall–Kier alpha value is -2.32. The Labute approximate surface area is 133 Å². The van der Waals surface area contributed by atoms with Gasteiger partial charge in [-0.05, 0) is 18.1 Å². The van der Waals surface area contributed by atoms with Crippen LogP contribution in [0.15, 0.2) is 11.1 Å². The smallest absolute Gasteiger partial charge is 0.270 e. The van der Waals surface area contributed by atoms with Gasteiger partial charge in [-0.15, -0.1) is 11.3 Å². The lowest BCUT2D eigenvalue weighted by Gasteiger charge is -2.07. The molecule has 0 aromatic carbocycles. The number of aromatic amines is 1. The maximum absolute atomic E-state index is 12.2. The standard InChI is InChI=1S/C13H10ClN5O2S/c14-6-3-5-10(22-6)7-4(8-12(21)19-13(15)18-8)1-2-16-11(20)9(7)17-5/h3,21H,1-2H2,(H,16,20)(H3,15,18,19). The Morgan fingerprint density at radius 3 is 3.00 bits per heavy atom. The van der Waals surface area contributed by atoms with E-state index in [1.165, 1.54) is 11.3 Å². The second-order valence-electron chi connectivity index (χ2n) is 4.91. The van der Waals surface area contributed by atoms with Crippen molar-refractivity contribution in [1.29, 1.82) is 0 Å². The highest BCUT2D eigenvalue weighted by molar-refractivity contribution is 7.18. The van der Waals surface area contributed by atoms with Gasteiger partial charge in [0.05, 0.1) is 14.9 Å². The third kappa shape index (κ3) is 1.84. The van der Waals surface area contributed by atoms with E-state index in [1.807, 2.05) is 0 Å². The van der Waals surface area contributed by atoms with Crippen LogP contribution in [0, 0.1) is 0 Å². The molecule has 0 saturated heterocycles. The number of nitrogens with zero attached hydrogens (tertiary/aromatic N) is 2. The fourth-order valence-corrected chi connectivity index (χ4v) is 3.93. The Morgan fingerprint density at radius 1 is 1.45 bits per heavy atom. The number of rotatable bonds is 1. The van der Waals surface area contributed by atoms with Crippen LogP contribution in [0.5, 0.6) is 5.88 Å². The second kappa shape index (κ2) is 4.59. The molecule has 0 atom stereocenters. The molecule has 1 amide bonds. The number of hydrogen-bond acceptors (Lipinski definition) is 6. The molecule has 0 unspecified atom stereocenters. The van der Waals surface area contributed by atoms with Gasteiger partial charge in [-0.2, -0.15) is 4.98 Å². The minimum absolute atomic E-state index is 0.116. The van der Waals surface area contributed by atoms with Crippen LogP contribution in [-0.2, 0) is 4.79 Å². The van der Waals surface area contributed by atoms with Gasteiger partial charge in [-0.3, -0.25) is 4.79 Å². The number of nitrogens with two attached hydrogens (primary N) is 1. The van der Waals surface area contributed by atoms with Gasteiger partial charge >= 0.3 is 0 Å². The van der Waals surface area contributed by atoms with Gasteiger partial charge in [0.25, 0.3) is 5.91 Å². The van der Waals surface area contributed by atoms with Crippen molar-refractivity contribution in [2.75, 3.05) is 12.3 Å². The largest absolute Gasteiger partial charge is 0.492 e. The lowest BCUT2D eigenvalue weighted by atomic mass is 9.99. The monoisotopic (exact) mass is 335 g/mol. The number of H-pyrrole nitrogens is 1. The van der Waals surface area contributed by atoms with Crippen LogP contribution in [0.2, 0.25) is 4.34 Å². The summed E-state index contributed by atoms with van der Waals surface area (Å²) in [6.07, 6.45) is 0.518. The fraction of sp³-hybridized carbons (Fsp3) is 0.154. The fourth-order valence-electron chi connectivity index (χ4n) is 2.69. The van der Waals surface area contributed by atoms with Crippen molar-refractivity contribution < 1.29 is 9.90 Å². The van der Waals surface area contributed by atoms with E-state index in [0.717, 1.165) is 10.5 Å². The molecule has 0 radical (unpaired) electrons. The lowest BCUT2D eigenvalue weighted by molar-refractivity contribution is -0.114. The molecule has 2 aliphatic heterocycles. The summed E-state index contributed by atoms with van der Waals surface area (Å²) in [6.45, 7) is 0.434. The first-order valence-corrected chi connectivity index (χ1v) is 7.69. The number of aliphatic imine (C=N–C) groups is 1. The van der Waals surface area contributed by atoms with Crippen molar-refractivity contribution in [2.45, 2.75) is 6.42 Å². The van der Waals surface area contributed by atoms with Crippen LogP contribution < -0.4 is 11.1 Å². The Morgan fingerprint density at radius 2 is 2.27 bits per heavy atom. The summed E-state index contributed by atoms with van der Waals surface area (Å²) < 4.78 is 0.595. The highest BCUT2D eigenvalue weighted by atomic mass is 35.5. The molecule has 9 heteroatoms. The maximum Gasteiger partial charge on any atom is 0.270 e. The minimum Gasteiger partial charge on any atom is -0.492 e. The highest BCUT2D eigenvalue weighted by Crippen LogP contribution is 2.47. The van der Waals surface area contributed by atoms with E-state index >= 15 is 0 Å². The number of halogens is 1. The Bertz CT molecular complexity index is 879. The van der Waals surface area contributed by atoms with E-state index in [1.54, 1.807) is 6.07 Å². The number of aromatic hydroxyl groups is 1. The van der Waals surface area contributed by atoms with E-state index in [-0.39, 0.29) is 17.7 Å². The van der Waals surface area contributed by atoms with Gasteiger partial charge in [-0.25, -0.2) is 4.99 Å². The van der Waals surface area contributed by atoms with Crippen molar-refractivity contribution in [3.63, 3.8) is 0 Å². The molecular weight excluding hydrogens is 326 g/mol. The summed E-state index contributed by atoms with van der Waals surface area (Å²) >= 11 is 7.40. The number of carbonyl (C=O) groups excluding carboxylic acids is 1. The number of imidazole rings is 1. The zero-order valence-electron chi connectivity index (χ0n) is 11.1. The number of carbonyl (C=O) groups is 1. The number of hydrogen-bond donors (Lipinski definition) is 4. The van der Waals surface area contributed by atoms with Crippen LogP contribution in [0.25, 0.3) is 11.1 Å². The molecule has 2 aromatic heterocycles. The molecule has 5 N–H and O–H groups in total. The molecule has 4 rings (SSSR count). The topological polar surface area (TPSA) is 116 Å². The summed E-state index contributed by atoms with van der Waals surface area (Å²) in [5.41, 5.74) is 8.45. The predicted octanol–water partition coefficient (Wildman–Crippen LogP) is 1.93. The maximum atomic E-state index is 12.2. The van der Waals surface area contributed by atoms with E-state index in [4.69, 9.17) is 17.3 Å². The van der Waals surface area contributed by atoms with Gasteiger partial charge in [0, 0.05) is 12.1 Å². The van der Waals surface area contributed by atoms with Gasteiger partial charge in [0.1, 0.15) is 11.4 Å². The first-order valence-electron chi connectivity index (χ1n) is 6.49. The molecule has 112 valence electrons. The SMILES string of the molecule is Nc1nc(O)c(C2=C3C(=Nc4cc(Cl)sc43)C(=O)NCC2)[nH]1. The Balaban J connectivity index is 2.02. The molecule has 0 spiro atoms. The number of thiophene rings is 1. The third-order valence-electron chi connectivity index (χ3n) is 3.56. The van der Waals surface area contributed by atoms with Crippen LogP contribution in [0.4, 0.5) is 11.6 Å². The average molecular weight is 336 g/mol. The van der Waals surface area contributed by atoms with Crippen LogP contribution in [0.1, 0.15) is 17.0 Å². The van der Waals surface area contributed by atoms with Gasteiger partial charge in [0.15, 0.2) is 0 Å². The minimum atomic E-state index is -0.239. The first kappa shape index (κ1) is 13.4. The van der Waals surface area contributed by atoms with Gasteiger partial charge < -0.3 is 21.1 Å². The second-order valence-corrected chi connectivity index (χ2v) is 6.59. The van der Waals surface area contributed by atoms with E-state index < -0.39 is 0 Å². The quantitative estimate of drug-likeness (QED) is 0.637. The first-order chi connectivity index (χ1) is 10.5. The van der Waals surface area contributed by atoms with E-state index in [2.05, 4.69) is 20.3 Å². The number of amides is 1. The number of fused-ring (bicyclic) bond motifs is 3. The third-order valence-corrected chi connectivity index (χ3v) is 4.83. The number of anilines is 1. The highest BCUT2D eigenvalue weighted by Gasteiger charge is 2.34. The predicted molar refractivity (Wildman–Crippen MR) is 85.5 cm³/mol. The summed E-state index contributed by atoms with van der Waals surface area (Å²) in [5.74, 6) is -0.314. The average Bonchev–Trinajstić information content (AvgIpc) is 3.04. The summed E-state index contributed by atoms with van der Waals surface area (Å²) in [5, 5.41) is 12.8. The van der Waals surface area contributed by atoms with Gasteiger partial charge in [0.2, 0.25) is 11.8 Å². The molecular formula is C13H10ClN5O2S. The lowest BCUT2D eigenvalue weighted by Crippen LogP contribution is -2.29. The van der Waals surface area contributed by atoms with Crippen molar-refractivity contribution in [3.05, 3.63) is 21.0 Å². The van der Waals surface area contributed by atoms with Crippen LogP contribution in [-0.4, -0.2) is 33.2 Å². The van der Waals surface area contributed by atoms with Gasteiger partial charge in [-0.1, -0.05) is 11.6 Å². The zero-order valence-corrected chi connectivity index (χ0v) is 12.7. The van der Waals surface area contributed by atoms with Crippen LogP contribution in [0.3, 0.4) is 0 Å². The molecule has 0 saturated carbocycles. The number of nitrogens with one attached hydrogen (secondary N) is 2. The molecule has 0 bridgehead atoms. The molecule has 2 aromatic rings. The summed E-state index contributed by atoms with van der Waals surface area (Å²) in [4.78, 5) is 24.0.